The van der Waals surface area contributed by atoms with Crippen LogP contribution >= 0.6 is 11.6 Å². The Balaban J connectivity index is 1.46. The van der Waals surface area contributed by atoms with Crippen molar-refractivity contribution in [3.63, 3.8) is 0 Å². The molecular formula is C27H27ClN2O2. The molecule has 0 fully saturated rings. The molecular weight excluding hydrogens is 420 g/mol. The van der Waals surface area contributed by atoms with Gasteiger partial charge in [0.1, 0.15) is 5.82 Å². The summed E-state index contributed by atoms with van der Waals surface area (Å²) in [6.07, 6.45) is 4.30. The first kappa shape index (κ1) is 22.0. The van der Waals surface area contributed by atoms with E-state index in [1.54, 1.807) is 7.11 Å². The third-order valence-electron chi connectivity index (χ3n) is 5.40. The van der Waals surface area contributed by atoms with Gasteiger partial charge in [0.05, 0.1) is 24.8 Å². The number of para-hydroxylation sites is 2. The number of aromatic nitrogens is 2. The molecule has 0 aliphatic heterocycles. The molecule has 0 radical (unpaired) electrons. The SMILES string of the molecule is C=CCc1ccc(OCCCn2c(Cc3ccc(Cl)cc3)nc3ccccc32)c(OC)c1. The Hall–Kier alpha value is -3.24. The predicted molar refractivity (Wildman–Crippen MR) is 131 cm³/mol. The van der Waals surface area contributed by atoms with Crippen molar-refractivity contribution in [3.05, 3.63) is 101 Å². The van der Waals surface area contributed by atoms with Crippen molar-refractivity contribution < 1.29 is 9.47 Å². The molecule has 4 aromatic rings. The minimum atomic E-state index is 0.587. The molecule has 4 nitrogen and oxygen atoms in total. The Labute approximate surface area is 194 Å². The van der Waals surface area contributed by atoms with Gasteiger partial charge in [-0.25, -0.2) is 4.98 Å². The molecule has 0 spiro atoms. The maximum absolute atomic E-state index is 6.04. The van der Waals surface area contributed by atoms with Gasteiger partial charge >= 0.3 is 0 Å². The van der Waals surface area contributed by atoms with E-state index in [4.69, 9.17) is 26.1 Å². The Morgan fingerprint density at radius 3 is 2.56 bits per heavy atom. The Morgan fingerprint density at radius 2 is 1.78 bits per heavy atom. The first-order valence-electron chi connectivity index (χ1n) is 10.8. The fourth-order valence-corrected chi connectivity index (χ4v) is 3.95. The highest BCUT2D eigenvalue weighted by molar-refractivity contribution is 6.30. The van der Waals surface area contributed by atoms with Crippen LogP contribution in [0.5, 0.6) is 11.5 Å². The maximum atomic E-state index is 6.04. The van der Waals surface area contributed by atoms with Crippen LogP contribution in [0.4, 0.5) is 0 Å². The van der Waals surface area contributed by atoms with Crippen LogP contribution in [0.15, 0.2) is 79.4 Å². The molecule has 0 amide bonds. The van der Waals surface area contributed by atoms with Gasteiger partial charge in [0.25, 0.3) is 0 Å². The molecule has 0 saturated heterocycles. The number of ether oxygens (including phenoxy) is 2. The predicted octanol–water partition coefficient (Wildman–Crippen LogP) is 6.49. The molecule has 5 heteroatoms. The van der Waals surface area contributed by atoms with E-state index in [0.717, 1.165) is 64.8 Å². The van der Waals surface area contributed by atoms with Crippen molar-refractivity contribution >= 4 is 22.6 Å². The molecule has 0 unspecified atom stereocenters. The monoisotopic (exact) mass is 446 g/mol. The number of nitrogens with zero attached hydrogens (tertiary/aromatic N) is 2. The van der Waals surface area contributed by atoms with E-state index in [2.05, 4.69) is 41.5 Å². The number of benzene rings is 3. The van der Waals surface area contributed by atoms with Crippen LogP contribution in [0.2, 0.25) is 5.02 Å². The van der Waals surface area contributed by atoms with Crippen LogP contribution in [-0.2, 0) is 19.4 Å². The molecule has 0 aliphatic rings. The summed E-state index contributed by atoms with van der Waals surface area (Å²) in [5.41, 5.74) is 4.49. The van der Waals surface area contributed by atoms with Crippen LogP contribution in [0.1, 0.15) is 23.4 Å². The van der Waals surface area contributed by atoms with Gasteiger partial charge in [-0.05, 0) is 60.4 Å². The lowest BCUT2D eigenvalue weighted by atomic mass is 10.1. The van der Waals surface area contributed by atoms with E-state index < -0.39 is 0 Å². The molecule has 4 rings (SSSR count). The summed E-state index contributed by atoms with van der Waals surface area (Å²) < 4.78 is 13.8. The van der Waals surface area contributed by atoms with Crippen molar-refractivity contribution in [2.75, 3.05) is 13.7 Å². The average Bonchev–Trinajstić information content (AvgIpc) is 3.16. The van der Waals surface area contributed by atoms with Crippen LogP contribution in [-0.4, -0.2) is 23.3 Å². The second kappa shape index (κ2) is 10.4. The number of aryl methyl sites for hydroxylation is 1. The molecule has 3 aromatic carbocycles. The summed E-state index contributed by atoms with van der Waals surface area (Å²) in [7, 11) is 1.67. The van der Waals surface area contributed by atoms with Crippen LogP contribution in [0.3, 0.4) is 0 Å². The number of hydrogen-bond acceptors (Lipinski definition) is 3. The van der Waals surface area contributed by atoms with Crippen molar-refractivity contribution in [2.45, 2.75) is 25.8 Å². The Morgan fingerprint density at radius 1 is 1.00 bits per heavy atom. The van der Waals surface area contributed by atoms with Gasteiger partial charge in [-0.1, -0.05) is 48.0 Å². The molecule has 0 saturated carbocycles. The third-order valence-corrected chi connectivity index (χ3v) is 5.65. The maximum Gasteiger partial charge on any atom is 0.161 e. The van der Waals surface area contributed by atoms with Crippen molar-refractivity contribution in [1.29, 1.82) is 0 Å². The molecule has 1 heterocycles. The number of imidazole rings is 1. The highest BCUT2D eigenvalue weighted by Crippen LogP contribution is 2.28. The third kappa shape index (κ3) is 5.14. The lowest BCUT2D eigenvalue weighted by Crippen LogP contribution is -2.09. The normalized spacial score (nSPS) is 10.9. The van der Waals surface area contributed by atoms with E-state index in [9.17, 15) is 0 Å². The zero-order chi connectivity index (χ0) is 22.3. The molecule has 0 aliphatic carbocycles. The molecule has 32 heavy (non-hydrogen) atoms. The smallest absolute Gasteiger partial charge is 0.161 e. The van der Waals surface area contributed by atoms with E-state index in [1.165, 1.54) is 5.56 Å². The molecule has 0 bridgehead atoms. The minimum absolute atomic E-state index is 0.587. The van der Waals surface area contributed by atoms with E-state index >= 15 is 0 Å². The summed E-state index contributed by atoms with van der Waals surface area (Å²) in [6.45, 7) is 5.20. The van der Waals surface area contributed by atoms with Crippen LogP contribution in [0.25, 0.3) is 11.0 Å². The minimum Gasteiger partial charge on any atom is -0.493 e. The quantitative estimate of drug-likeness (QED) is 0.206. The van der Waals surface area contributed by atoms with Crippen molar-refractivity contribution in [1.82, 2.24) is 9.55 Å². The van der Waals surface area contributed by atoms with Crippen molar-refractivity contribution in [2.24, 2.45) is 0 Å². The fourth-order valence-electron chi connectivity index (χ4n) is 3.82. The Bertz CT molecular complexity index is 1200. The summed E-state index contributed by atoms with van der Waals surface area (Å²) >= 11 is 6.04. The first-order valence-corrected chi connectivity index (χ1v) is 11.1. The summed E-state index contributed by atoms with van der Waals surface area (Å²) in [5.74, 6) is 2.55. The van der Waals surface area contributed by atoms with E-state index in [-0.39, 0.29) is 0 Å². The van der Waals surface area contributed by atoms with Gasteiger partial charge in [0.15, 0.2) is 11.5 Å². The van der Waals surface area contributed by atoms with Gasteiger partial charge in [0.2, 0.25) is 0 Å². The first-order chi connectivity index (χ1) is 15.7. The van der Waals surface area contributed by atoms with E-state index in [0.29, 0.717) is 6.61 Å². The summed E-state index contributed by atoms with van der Waals surface area (Å²) in [5, 5.41) is 0.743. The lowest BCUT2D eigenvalue weighted by molar-refractivity contribution is 0.282. The van der Waals surface area contributed by atoms with Gasteiger partial charge in [0, 0.05) is 18.0 Å². The molecule has 164 valence electrons. The molecule has 0 atom stereocenters. The van der Waals surface area contributed by atoms with E-state index in [1.807, 2.05) is 42.5 Å². The van der Waals surface area contributed by atoms with Crippen LogP contribution in [0, 0.1) is 0 Å². The molecule has 1 aromatic heterocycles. The number of hydrogen-bond donors (Lipinski definition) is 0. The second-order valence-corrected chi connectivity index (χ2v) is 8.09. The zero-order valence-corrected chi connectivity index (χ0v) is 19.0. The number of halogens is 1. The van der Waals surface area contributed by atoms with Gasteiger partial charge in [-0.2, -0.15) is 0 Å². The summed E-state index contributed by atoms with van der Waals surface area (Å²) in [4.78, 5) is 4.88. The lowest BCUT2D eigenvalue weighted by Gasteiger charge is -2.13. The highest BCUT2D eigenvalue weighted by atomic mass is 35.5. The topological polar surface area (TPSA) is 36.3 Å². The largest absolute Gasteiger partial charge is 0.493 e. The average molecular weight is 447 g/mol. The van der Waals surface area contributed by atoms with Crippen LogP contribution < -0.4 is 9.47 Å². The van der Waals surface area contributed by atoms with Crippen molar-refractivity contribution in [3.8, 4) is 11.5 Å². The summed E-state index contributed by atoms with van der Waals surface area (Å²) in [6, 6.07) is 22.2. The molecule has 0 N–H and O–H groups in total. The standard InChI is InChI=1S/C27H27ClN2O2/c1-3-7-20-12-15-25(26(18-20)31-2)32-17-6-16-30-24-9-5-4-8-23(24)29-27(30)19-21-10-13-22(28)14-11-21/h3-5,8-15,18H,1,6-7,16-17,19H2,2H3. The number of allylic oxidation sites excluding steroid dienone is 1. The second-order valence-electron chi connectivity index (χ2n) is 7.65. The van der Waals surface area contributed by atoms with Gasteiger partial charge < -0.3 is 14.0 Å². The number of fused-ring (bicyclic) bond motifs is 1. The fraction of sp³-hybridized carbons (Fsp3) is 0.222. The van der Waals surface area contributed by atoms with Gasteiger partial charge in [-0.15, -0.1) is 6.58 Å². The Kier molecular flexibility index (Phi) is 7.13. The highest BCUT2D eigenvalue weighted by Gasteiger charge is 2.12. The van der Waals surface area contributed by atoms with Gasteiger partial charge in [-0.3, -0.25) is 0 Å². The number of methoxy groups -OCH3 is 1. The zero-order valence-electron chi connectivity index (χ0n) is 18.3. The number of rotatable bonds is 10.